The van der Waals surface area contributed by atoms with Gasteiger partial charge in [-0.1, -0.05) is 64.5 Å². The molecule has 8 heteroatoms. The molecular formula is C27H23BrN2O5. The number of fused-ring (bicyclic) bond motifs is 3. The molecule has 0 aromatic heterocycles. The van der Waals surface area contributed by atoms with E-state index in [0.717, 1.165) is 28.7 Å². The predicted molar refractivity (Wildman–Crippen MR) is 135 cm³/mol. The lowest BCUT2D eigenvalue weighted by Gasteiger charge is -2.38. The number of amides is 2. The minimum atomic E-state index is -1.22. The number of benzene rings is 3. The highest BCUT2D eigenvalue weighted by atomic mass is 79.9. The van der Waals surface area contributed by atoms with Crippen molar-refractivity contribution in [3.05, 3.63) is 87.9 Å². The standard InChI is InChI=1S/C27H23BrN2O5/c28-17-12-16(24(31)30-27(25(32)33)10-5-11-27)13-18(14-17)29-26(34)35-15-23-21-8-3-1-6-19(21)20-7-2-4-9-22(20)23/h1-4,6-9,12-14,23H,5,10-11,15H2,(H,29,34)(H,30,31)(H,32,33). The van der Waals surface area contributed by atoms with E-state index < -0.39 is 23.5 Å². The van der Waals surface area contributed by atoms with Gasteiger partial charge in [-0.25, -0.2) is 9.59 Å². The van der Waals surface area contributed by atoms with E-state index in [4.69, 9.17) is 4.74 Å². The summed E-state index contributed by atoms with van der Waals surface area (Å²) in [6, 6.07) is 20.9. The first-order chi connectivity index (χ1) is 16.9. The first-order valence-electron chi connectivity index (χ1n) is 11.3. The van der Waals surface area contributed by atoms with Crippen LogP contribution in [0.1, 0.15) is 46.7 Å². The molecule has 5 rings (SSSR count). The third kappa shape index (κ3) is 4.41. The lowest BCUT2D eigenvalue weighted by molar-refractivity contribution is -0.148. The molecule has 1 fully saturated rings. The van der Waals surface area contributed by atoms with E-state index in [1.165, 1.54) is 6.07 Å². The number of carbonyl (C=O) groups excluding carboxylic acids is 2. The minimum Gasteiger partial charge on any atom is -0.480 e. The summed E-state index contributed by atoms with van der Waals surface area (Å²) in [5, 5.41) is 14.8. The predicted octanol–water partition coefficient (Wildman–Crippen LogP) is 5.55. The fourth-order valence-electron chi connectivity index (χ4n) is 4.76. The number of rotatable bonds is 6. The molecule has 3 aromatic rings. The van der Waals surface area contributed by atoms with Crippen molar-refractivity contribution in [3.8, 4) is 11.1 Å². The van der Waals surface area contributed by atoms with Crippen molar-refractivity contribution in [2.45, 2.75) is 30.7 Å². The third-order valence-corrected chi connectivity index (χ3v) is 7.18. The number of carboxylic acids is 1. The van der Waals surface area contributed by atoms with Crippen LogP contribution in [0.3, 0.4) is 0 Å². The Labute approximate surface area is 210 Å². The first-order valence-corrected chi connectivity index (χ1v) is 12.1. The van der Waals surface area contributed by atoms with Crippen LogP contribution in [0.5, 0.6) is 0 Å². The monoisotopic (exact) mass is 534 g/mol. The van der Waals surface area contributed by atoms with Crippen molar-refractivity contribution in [2.75, 3.05) is 11.9 Å². The van der Waals surface area contributed by atoms with Crippen molar-refractivity contribution >= 4 is 39.6 Å². The Hall–Kier alpha value is -3.65. The second-order valence-corrected chi connectivity index (χ2v) is 9.79. The molecule has 3 aromatic carbocycles. The van der Waals surface area contributed by atoms with Gasteiger partial charge in [-0.3, -0.25) is 10.1 Å². The van der Waals surface area contributed by atoms with Crippen molar-refractivity contribution in [2.24, 2.45) is 0 Å². The van der Waals surface area contributed by atoms with Gasteiger partial charge >= 0.3 is 12.1 Å². The Morgan fingerprint density at radius 3 is 2.17 bits per heavy atom. The number of carbonyl (C=O) groups is 3. The fourth-order valence-corrected chi connectivity index (χ4v) is 5.25. The average molecular weight is 535 g/mol. The van der Waals surface area contributed by atoms with E-state index in [1.807, 2.05) is 36.4 Å². The van der Waals surface area contributed by atoms with E-state index in [-0.39, 0.29) is 18.1 Å². The molecule has 3 N–H and O–H groups in total. The smallest absolute Gasteiger partial charge is 0.411 e. The molecule has 0 heterocycles. The van der Waals surface area contributed by atoms with E-state index >= 15 is 0 Å². The average Bonchev–Trinajstić information content (AvgIpc) is 3.13. The normalized spacial score (nSPS) is 15.3. The zero-order valence-corrected chi connectivity index (χ0v) is 20.3. The van der Waals surface area contributed by atoms with Gasteiger partial charge in [0.25, 0.3) is 5.91 Å². The second-order valence-electron chi connectivity index (χ2n) is 8.87. The lowest BCUT2D eigenvalue weighted by Crippen LogP contribution is -2.59. The quantitative estimate of drug-likeness (QED) is 0.384. The molecule has 2 aliphatic carbocycles. The molecule has 35 heavy (non-hydrogen) atoms. The van der Waals surface area contributed by atoms with Crippen LogP contribution in [0.2, 0.25) is 0 Å². The summed E-state index contributed by atoms with van der Waals surface area (Å²) in [7, 11) is 0. The van der Waals surface area contributed by atoms with Crippen LogP contribution >= 0.6 is 15.9 Å². The van der Waals surface area contributed by atoms with Crippen LogP contribution in [0.4, 0.5) is 10.5 Å². The largest absolute Gasteiger partial charge is 0.480 e. The van der Waals surface area contributed by atoms with Gasteiger partial charge in [-0.15, -0.1) is 0 Å². The zero-order valence-electron chi connectivity index (χ0n) is 18.7. The number of carboxylic acid groups (broad SMARTS) is 1. The lowest BCUT2D eigenvalue weighted by atomic mass is 9.76. The Morgan fingerprint density at radius 1 is 0.971 bits per heavy atom. The van der Waals surface area contributed by atoms with Gasteiger partial charge < -0.3 is 15.2 Å². The molecular weight excluding hydrogens is 512 g/mol. The SMILES string of the molecule is O=C(Nc1cc(Br)cc(C(=O)NC2(C(=O)O)CCC2)c1)OCC1c2ccccc2-c2ccccc21. The maximum Gasteiger partial charge on any atom is 0.411 e. The molecule has 7 nitrogen and oxygen atoms in total. The van der Waals surface area contributed by atoms with E-state index in [9.17, 15) is 19.5 Å². The fraction of sp³-hybridized carbons (Fsp3) is 0.222. The number of hydrogen-bond donors (Lipinski definition) is 3. The Bertz CT molecular complexity index is 1290. The molecule has 178 valence electrons. The highest BCUT2D eigenvalue weighted by molar-refractivity contribution is 9.10. The van der Waals surface area contributed by atoms with E-state index in [0.29, 0.717) is 23.0 Å². The summed E-state index contributed by atoms with van der Waals surface area (Å²) in [5.74, 6) is -1.61. The van der Waals surface area contributed by atoms with Crippen molar-refractivity contribution in [3.63, 3.8) is 0 Å². The summed E-state index contributed by atoms with van der Waals surface area (Å²) in [5.41, 5.74) is 3.90. The van der Waals surface area contributed by atoms with Crippen LogP contribution in [0.15, 0.2) is 71.2 Å². The maximum atomic E-state index is 12.7. The molecule has 0 unspecified atom stereocenters. The Morgan fingerprint density at radius 2 is 1.60 bits per heavy atom. The molecule has 1 saturated carbocycles. The molecule has 2 aliphatic rings. The van der Waals surface area contributed by atoms with Crippen molar-refractivity contribution in [1.82, 2.24) is 5.32 Å². The van der Waals surface area contributed by atoms with Gasteiger partial charge in [0.2, 0.25) is 0 Å². The van der Waals surface area contributed by atoms with Gasteiger partial charge in [-0.05, 0) is 59.7 Å². The van der Waals surface area contributed by atoms with Crippen LogP contribution in [0, 0.1) is 0 Å². The summed E-state index contributed by atoms with van der Waals surface area (Å²) in [6.45, 7) is 0.169. The number of halogens is 1. The number of nitrogens with one attached hydrogen (secondary N) is 2. The zero-order chi connectivity index (χ0) is 24.6. The molecule has 0 atom stereocenters. The third-order valence-electron chi connectivity index (χ3n) is 6.72. The highest BCUT2D eigenvalue weighted by Gasteiger charge is 2.45. The molecule has 0 aliphatic heterocycles. The van der Waals surface area contributed by atoms with Crippen molar-refractivity contribution < 1.29 is 24.2 Å². The first kappa shape index (κ1) is 23.1. The topological polar surface area (TPSA) is 105 Å². The van der Waals surface area contributed by atoms with Gasteiger partial charge in [-0.2, -0.15) is 0 Å². The second kappa shape index (κ2) is 9.19. The molecule has 2 amide bonds. The number of aliphatic carboxylic acids is 1. The summed E-state index contributed by atoms with van der Waals surface area (Å²) in [4.78, 5) is 37.0. The summed E-state index contributed by atoms with van der Waals surface area (Å²) >= 11 is 3.35. The van der Waals surface area contributed by atoms with E-state index in [2.05, 4.69) is 38.7 Å². The minimum absolute atomic E-state index is 0.0633. The maximum absolute atomic E-state index is 12.7. The van der Waals surface area contributed by atoms with Crippen LogP contribution in [-0.2, 0) is 9.53 Å². The highest BCUT2D eigenvalue weighted by Crippen LogP contribution is 2.44. The van der Waals surface area contributed by atoms with Gasteiger partial charge in [0, 0.05) is 21.6 Å². The number of ether oxygens (including phenoxy) is 1. The number of anilines is 1. The van der Waals surface area contributed by atoms with Gasteiger partial charge in [0.1, 0.15) is 12.1 Å². The Balaban J connectivity index is 1.27. The van der Waals surface area contributed by atoms with Gasteiger partial charge in [0.15, 0.2) is 0 Å². The van der Waals surface area contributed by atoms with Gasteiger partial charge in [0.05, 0.1) is 0 Å². The summed E-state index contributed by atoms with van der Waals surface area (Å²) in [6.07, 6.45) is 0.900. The molecule has 0 radical (unpaired) electrons. The molecule has 0 bridgehead atoms. The van der Waals surface area contributed by atoms with Crippen molar-refractivity contribution in [1.29, 1.82) is 0 Å². The molecule has 0 saturated heterocycles. The Kier molecular flexibility index (Phi) is 6.06. The summed E-state index contributed by atoms with van der Waals surface area (Å²) < 4.78 is 6.15. The van der Waals surface area contributed by atoms with Crippen LogP contribution in [-0.4, -0.2) is 35.2 Å². The van der Waals surface area contributed by atoms with Crippen LogP contribution < -0.4 is 10.6 Å². The number of hydrogen-bond acceptors (Lipinski definition) is 4. The molecule has 0 spiro atoms. The van der Waals surface area contributed by atoms with Crippen LogP contribution in [0.25, 0.3) is 11.1 Å². The van der Waals surface area contributed by atoms with E-state index in [1.54, 1.807) is 12.1 Å².